The highest BCUT2D eigenvalue weighted by atomic mass is 127. The number of allylic oxidation sites excluding steroid dienone is 2. The lowest BCUT2D eigenvalue weighted by Crippen LogP contribution is -3.00. The standard InChI is InChI=1S/C25H26N4O2S2.HI/c1-5-28-20-12-10-18(26-16(3)30)14-22(20)32-24(28)8-7-9-25-29(6-2)21-13-11-19(27-17(4)31)15-23(21)33-25;/h7-15H,5-6H2,1-4H3,(H-,26,27,30,31);1H. The molecule has 34 heavy (non-hydrogen) atoms. The van der Waals surface area contributed by atoms with Gasteiger partial charge in [-0.15, -0.1) is 0 Å². The highest BCUT2D eigenvalue weighted by molar-refractivity contribution is 8.03. The van der Waals surface area contributed by atoms with Crippen LogP contribution >= 0.6 is 23.1 Å². The number of carbonyl (C=O) groups is 2. The zero-order chi connectivity index (χ0) is 23.5. The number of anilines is 3. The molecule has 2 aromatic carbocycles. The van der Waals surface area contributed by atoms with Gasteiger partial charge in [0.05, 0.1) is 10.7 Å². The number of aromatic nitrogens is 1. The molecule has 4 rings (SSSR count). The van der Waals surface area contributed by atoms with Gasteiger partial charge in [-0.25, -0.2) is 0 Å². The van der Waals surface area contributed by atoms with Crippen molar-refractivity contribution in [3.8, 4) is 0 Å². The molecule has 2 amide bonds. The molecule has 1 aliphatic heterocycles. The van der Waals surface area contributed by atoms with Gasteiger partial charge in [-0.05, 0) is 50.3 Å². The summed E-state index contributed by atoms with van der Waals surface area (Å²) in [6.45, 7) is 9.04. The maximum Gasteiger partial charge on any atom is 0.262 e. The average molecular weight is 607 g/mol. The van der Waals surface area contributed by atoms with Gasteiger partial charge in [0, 0.05) is 48.8 Å². The molecule has 0 atom stereocenters. The number of aryl methyl sites for hydroxylation is 1. The van der Waals surface area contributed by atoms with Gasteiger partial charge in [0.15, 0.2) is 0 Å². The smallest absolute Gasteiger partial charge is 0.262 e. The van der Waals surface area contributed by atoms with E-state index < -0.39 is 0 Å². The number of hydrogen-bond donors (Lipinski definition) is 2. The fourth-order valence-electron chi connectivity index (χ4n) is 3.89. The van der Waals surface area contributed by atoms with Gasteiger partial charge in [0.25, 0.3) is 5.01 Å². The van der Waals surface area contributed by atoms with Crippen molar-refractivity contribution in [1.82, 2.24) is 0 Å². The molecule has 0 unspecified atom stereocenters. The zero-order valence-electron chi connectivity index (χ0n) is 19.5. The normalized spacial score (nSPS) is 13.9. The molecular weight excluding hydrogens is 579 g/mol. The van der Waals surface area contributed by atoms with Gasteiger partial charge in [0.1, 0.15) is 11.2 Å². The van der Waals surface area contributed by atoms with Crippen LogP contribution in [0.2, 0.25) is 0 Å². The molecule has 0 saturated carbocycles. The van der Waals surface area contributed by atoms with Crippen LogP contribution < -0.4 is 44.1 Å². The summed E-state index contributed by atoms with van der Waals surface area (Å²) in [5, 5.41) is 8.02. The van der Waals surface area contributed by atoms with E-state index in [1.54, 1.807) is 23.1 Å². The second kappa shape index (κ2) is 11.4. The molecule has 0 bridgehead atoms. The van der Waals surface area contributed by atoms with Gasteiger partial charge in [-0.1, -0.05) is 29.2 Å². The second-order valence-corrected chi connectivity index (χ2v) is 9.75. The lowest BCUT2D eigenvalue weighted by Gasteiger charge is -2.17. The van der Waals surface area contributed by atoms with E-state index in [-0.39, 0.29) is 35.8 Å². The first kappa shape index (κ1) is 26.2. The van der Waals surface area contributed by atoms with E-state index in [0.717, 1.165) is 55.3 Å². The summed E-state index contributed by atoms with van der Waals surface area (Å²) in [6, 6.07) is 12.1. The van der Waals surface area contributed by atoms with Crippen molar-refractivity contribution in [1.29, 1.82) is 0 Å². The van der Waals surface area contributed by atoms with Crippen LogP contribution in [0.25, 0.3) is 16.3 Å². The maximum atomic E-state index is 11.4. The molecule has 9 heteroatoms. The molecule has 0 radical (unpaired) electrons. The number of thioether (sulfide) groups is 1. The summed E-state index contributed by atoms with van der Waals surface area (Å²) >= 11 is 3.42. The van der Waals surface area contributed by atoms with Crippen LogP contribution in [0.3, 0.4) is 0 Å². The molecule has 178 valence electrons. The Hall–Kier alpha value is -2.37. The monoisotopic (exact) mass is 606 g/mol. The Kier molecular flexibility index (Phi) is 8.78. The number of thiazole rings is 1. The fraction of sp³-hybridized carbons (Fsp3) is 0.240. The molecule has 0 saturated heterocycles. The topological polar surface area (TPSA) is 65.3 Å². The summed E-state index contributed by atoms with van der Waals surface area (Å²) < 4.78 is 3.42. The Balaban J connectivity index is 0.00000324. The van der Waals surface area contributed by atoms with Crippen LogP contribution in [0.4, 0.5) is 17.1 Å². The molecular formula is C25H27IN4O2S2. The van der Waals surface area contributed by atoms with Crippen LogP contribution in [-0.4, -0.2) is 18.4 Å². The maximum absolute atomic E-state index is 11.4. The van der Waals surface area contributed by atoms with Crippen molar-refractivity contribution in [3.63, 3.8) is 0 Å². The van der Waals surface area contributed by atoms with Crippen molar-refractivity contribution in [3.05, 3.63) is 58.6 Å². The molecule has 0 spiro atoms. The largest absolute Gasteiger partial charge is 1.00 e. The Morgan fingerprint density at radius 3 is 2.35 bits per heavy atom. The van der Waals surface area contributed by atoms with Crippen LogP contribution in [0.15, 0.2) is 58.5 Å². The SMILES string of the molecule is CCN1/C(=C\C=C\c2sc3cc(NC(C)=O)ccc3[n+]2CC)Sc2cc(NC(C)=O)ccc21.[I-]. The minimum absolute atomic E-state index is 0. The lowest BCUT2D eigenvalue weighted by atomic mass is 10.2. The summed E-state index contributed by atoms with van der Waals surface area (Å²) in [5.41, 5.74) is 3.95. The molecule has 2 heterocycles. The minimum atomic E-state index is -0.0687. The Morgan fingerprint density at radius 1 is 1.03 bits per heavy atom. The van der Waals surface area contributed by atoms with E-state index in [9.17, 15) is 9.59 Å². The van der Waals surface area contributed by atoms with Crippen molar-refractivity contribution in [2.24, 2.45) is 0 Å². The Labute approximate surface area is 225 Å². The Morgan fingerprint density at radius 2 is 1.71 bits per heavy atom. The number of nitrogens with one attached hydrogen (secondary N) is 2. The number of hydrogen-bond acceptors (Lipinski definition) is 5. The summed E-state index contributed by atoms with van der Waals surface area (Å²) in [5.74, 6) is -0.137. The van der Waals surface area contributed by atoms with E-state index in [4.69, 9.17) is 0 Å². The van der Waals surface area contributed by atoms with E-state index in [2.05, 4.69) is 64.3 Å². The number of nitrogens with zero attached hydrogens (tertiary/aromatic N) is 2. The third kappa shape index (κ3) is 5.64. The highest BCUT2D eigenvalue weighted by Crippen LogP contribution is 2.46. The zero-order valence-corrected chi connectivity index (χ0v) is 23.3. The molecule has 2 N–H and O–H groups in total. The van der Waals surface area contributed by atoms with Crippen LogP contribution in [0.1, 0.15) is 32.7 Å². The van der Waals surface area contributed by atoms with Crippen LogP contribution in [0.5, 0.6) is 0 Å². The number of halogens is 1. The molecule has 1 aromatic heterocycles. The molecule has 0 aliphatic carbocycles. The van der Waals surface area contributed by atoms with E-state index in [1.165, 1.54) is 13.8 Å². The van der Waals surface area contributed by atoms with E-state index in [0.29, 0.717) is 0 Å². The quantitative estimate of drug-likeness (QED) is 0.335. The third-order valence-corrected chi connectivity index (χ3v) is 7.44. The molecule has 6 nitrogen and oxygen atoms in total. The first-order valence-corrected chi connectivity index (χ1v) is 12.5. The molecule has 3 aromatic rings. The minimum Gasteiger partial charge on any atom is -1.00 e. The lowest BCUT2D eigenvalue weighted by molar-refractivity contribution is -0.665. The number of rotatable bonds is 6. The summed E-state index contributed by atoms with van der Waals surface area (Å²) in [7, 11) is 0. The second-order valence-electron chi connectivity index (χ2n) is 7.62. The van der Waals surface area contributed by atoms with Gasteiger partial charge >= 0.3 is 0 Å². The Bertz CT molecular complexity index is 1300. The fourth-order valence-corrected chi connectivity index (χ4v) is 6.24. The number of fused-ring (bicyclic) bond motifs is 2. The first-order chi connectivity index (χ1) is 15.9. The van der Waals surface area contributed by atoms with Gasteiger partial charge in [0.2, 0.25) is 17.3 Å². The van der Waals surface area contributed by atoms with E-state index >= 15 is 0 Å². The van der Waals surface area contributed by atoms with Gasteiger partial charge in [-0.2, -0.15) is 4.57 Å². The number of carbonyl (C=O) groups excluding carboxylic acids is 2. The predicted molar refractivity (Wildman–Crippen MR) is 139 cm³/mol. The van der Waals surface area contributed by atoms with Crippen molar-refractivity contribution in [2.45, 2.75) is 39.1 Å². The predicted octanol–water partition coefficient (Wildman–Crippen LogP) is 2.62. The molecule has 1 aliphatic rings. The summed E-state index contributed by atoms with van der Waals surface area (Å²) in [4.78, 5) is 26.2. The van der Waals surface area contributed by atoms with Crippen LogP contribution in [0, 0.1) is 0 Å². The van der Waals surface area contributed by atoms with Gasteiger partial charge < -0.3 is 39.5 Å². The van der Waals surface area contributed by atoms with E-state index in [1.807, 2.05) is 24.3 Å². The summed E-state index contributed by atoms with van der Waals surface area (Å²) in [6.07, 6.45) is 6.37. The average Bonchev–Trinajstić information content (AvgIpc) is 3.28. The molecule has 0 fully saturated rings. The van der Waals surface area contributed by atoms with Crippen molar-refractivity contribution < 1.29 is 38.1 Å². The number of amides is 2. The number of benzene rings is 2. The third-order valence-electron chi connectivity index (χ3n) is 5.21. The van der Waals surface area contributed by atoms with Crippen molar-refractivity contribution in [2.75, 3.05) is 22.1 Å². The van der Waals surface area contributed by atoms with Gasteiger partial charge in [-0.3, -0.25) is 9.59 Å². The highest BCUT2D eigenvalue weighted by Gasteiger charge is 2.24. The first-order valence-electron chi connectivity index (χ1n) is 10.9. The van der Waals surface area contributed by atoms with Crippen LogP contribution in [-0.2, 0) is 16.1 Å². The van der Waals surface area contributed by atoms with Crippen molar-refractivity contribution >= 4 is 68.3 Å².